The zero-order chi connectivity index (χ0) is 19.3. The monoisotopic (exact) mass is 366 g/mol. The number of carbonyl (C=O) groups is 1. The molecule has 2 aromatic heterocycles. The van der Waals surface area contributed by atoms with E-state index in [0.717, 1.165) is 22.1 Å². The minimum atomic E-state index is -0.575. The molecule has 1 aliphatic heterocycles. The standard InChI is InChI=1S/C20H22N4O3/c1-10(2)17-19(25)23-15-7-11(8-21)6-13(18(15)27-17)14-9-24(3)20(26)16-12(14)4-5-22-16/h4-7,9-10,17,22H,8,21H2,1-3H3,(H,23,25). The molecule has 4 rings (SSSR count). The lowest BCUT2D eigenvalue weighted by Gasteiger charge is -2.30. The van der Waals surface area contributed by atoms with Gasteiger partial charge in [-0.15, -0.1) is 0 Å². The molecule has 0 saturated heterocycles. The molecule has 0 fully saturated rings. The van der Waals surface area contributed by atoms with Crippen LogP contribution in [0.1, 0.15) is 19.4 Å². The Hall–Kier alpha value is -3.06. The average molecular weight is 366 g/mol. The Morgan fingerprint density at radius 3 is 2.74 bits per heavy atom. The van der Waals surface area contributed by atoms with Crippen molar-refractivity contribution in [2.24, 2.45) is 18.7 Å². The first-order chi connectivity index (χ1) is 12.9. The zero-order valence-corrected chi connectivity index (χ0v) is 15.5. The van der Waals surface area contributed by atoms with E-state index in [1.54, 1.807) is 19.4 Å². The maximum absolute atomic E-state index is 12.4. The molecule has 3 heterocycles. The minimum absolute atomic E-state index is 0.0209. The Morgan fingerprint density at radius 1 is 1.26 bits per heavy atom. The van der Waals surface area contributed by atoms with Crippen molar-refractivity contribution in [2.45, 2.75) is 26.5 Å². The molecule has 1 aliphatic rings. The van der Waals surface area contributed by atoms with Gasteiger partial charge in [0.25, 0.3) is 11.5 Å². The van der Waals surface area contributed by atoms with E-state index in [1.807, 2.05) is 32.0 Å². The van der Waals surface area contributed by atoms with Gasteiger partial charge in [0, 0.05) is 42.5 Å². The van der Waals surface area contributed by atoms with Gasteiger partial charge < -0.3 is 25.3 Å². The molecule has 3 aromatic rings. The number of aromatic amines is 1. The van der Waals surface area contributed by atoms with Crippen molar-refractivity contribution in [3.05, 3.63) is 46.5 Å². The van der Waals surface area contributed by atoms with Crippen LogP contribution < -0.4 is 21.3 Å². The third kappa shape index (κ3) is 2.71. The smallest absolute Gasteiger partial charge is 0.274 e. The predicted molar refractivity (Wildman–Crippen MR) is 105 cm³/mol. The van der Waals surface area contributed by atoms with Crippen LogP contribution in [0.4, 0.5) is 5.69 Å². The number of H-pyrrole nitrogens is 1. The number of anilines is 1. The van der Waals surface area contributed by atoms with Crippen molar-refractivity contribution in [2.75, 3.05) is 5.32 Å². The van der Waals surface area contributed by atoms with Gasteiger partial charge in [-0.05, 0) is 29.7 Å². The third-order valence-electron chi connectivity index (χ3n) is 4.94. The molecule has 140 valence electrons. The fraction of sp³-hybridized carbons (Fsp3) is 0.300. The molecule has 0 saturated carbocycles. The van der Waals surface area contributed by atoms with E-state index in [9.17, 15) is 9.59 Å². The summed E-state index contributed by atoms with van der Waals surface area (Å²) in [5.74, 6) is 0.462. The highest BCUT2D eigenvalue weighted by molar-refractivity contribution is 6.03. The number of hydrogen-bond donors (Lipinski definition) is 3. The van der Waals surface area contributed by atoms with Crippen LogP contribution in [0.2, 0.25) is 0 Å². The molecule has 1 atom stereocenters. The van der Waals surface area contributed by atoms with E-state index in [1.165, 1.54) is 4.57 Å². The molecule has 0 radical (unpaired) electrons. The number of hydrogen-bond acceptors (Lipinski definition) is 4. The van der Waals surface area contributed by atoms with Gasteiger partial charge in [0.15, 0.2) is 11.9 Å². The van der Waals surface area contributed by atoms with Crippen LogP contribution in [0.15, 0.2) is 35.4 Å². The summed E-state index contributed by atoms with van der Waals surface area (Å²) in [4.78, 5) is 27.8. The number of nitrogens with one attached hydrogen (secondary N) is 2. The second kappa shape index (κ2) is 6.28. The van der Waals surface area contributed by atoms with E-state index < -0.39 is 6.10 Å². The number of carbonyl (C=O) groups excluding carboxylic acids is 1. The Bertz CT molecular complexity index is 1110. The number of nitrogens with two attached hydrogens (primary N) is 1. The molecule has 0 aliphatic carbocycles. The quantitative estimate of drug-likeness (QED) is 0.662. The molecule has 4 N–H and O–H groups in total. The third-order valence-corrected chi connectivity index (χ3v) is 4.94. The van der Waals surface area contributed by atoms with Gasteiger partial charge >= 0.3 is 0 Å². The fourth-order valence-corrected chi connectivity index (χ4v) is 3.53. The van der Waals surface area contributed by atoms with Crippen LogP contribution >= 0.6 is 0 Å². The SMILES string of the molecule is CC(C)C1Oc2c(cc(CN)cc2-c2cn(C)c(=O)c3[nH]ccc23)NC1=O. The number of aryl methyl sites for hydroxylation is 1. The maximum atomic E-state index is 12.4. The number of amides is 1. The Balaban J connectivity index is 2.01. The Kier molecular flexibility index (Phi) is 4.04. The number of benzene rings is 1. The predicted octanol–water partition coefficient (Wildman–Crippen LogP) is 2.35. The first-order valence-electron chi connectivity index (χ1n) is 8.92. The lowest BCUT2D eigenvalue weighted by atomic mass is 9.97. The summed E-state index contributed by atoms with van der Waals surface area (Å²) in [5.41, 5.74) is 9.42. The van der Waals surface area contributed by atoms with Crippen LogP contribution in [0.3, 0.4) is 0 Å². The highest BCUT2D eigenvalue weighted by Gasteiger charge is 2.32. The van der Waals surface area contributed by atoms with E-state index in [0.29, 0.717) is 23.5 Å². The highest BCUT2D eigenvalue weighted by atomic mass is 16.5. The summed E-state index contributed by atoms with van der Waals surface area (Å²) in [5, 5.41) is 3.75. The van der Waals surface area contributed by atoms with Crippen LogP contribution in [0, 0.1) is 5.92 Å². The molecule has 7 heteroatoms. The Labute approximate surface area is 156 Å². The van der Waals surface area contributed by atoms with Crippen LogP contribution in [-0.2, 0) is 18.4 Å². The largest absolute Gasteiger partial charge is 0.477 e. The number of rotatable bonds is 3. The number of nitrogens with zero attached hydrogens (tertiary/aromatic N) is 1. The van der Waals surface area contributed by atoms with Gasteiger partial charge in [-0.1, -0.05) is 13.8 Å². The molecule has 1 aromatic carbocycles. The van der Waals surface area contributed by atoms with Gasteiger partial charge in [-0.25, -0.2) is 0 Å². The summed E-state index contributed by atoms with van der Waals surface area (Å²) in [6, 6.07) is 5.67. The van der Waals surface area contributed by atoms with E-state index in [4.69, 9.17) is 10.5 Å². The van der Waals surface area contributed by atoms with Crippen molar-refractivity contribution in [1.29, 1.82) is 0 Å². The van der Waals surface area contributed by atoms with Crippen LogP contribution in [-0.4, -0.2) is 21.6 Å². The molecule has 1 unspecified atom stereocenters. The Morgan fingerprint density at radius 2 is 2.04 bits per heavy atom. The normalized spacial score (nSPS) is 16.3. The van der Waals surface area contributed by atoms with Crippen molar-refractivity contribution in [1.82, 2.24) is 9.55 Å². The number of ether oxygens (including phenoxy) is 1. The topological polar surface area (TPSA) is 102 Å². The maximum Gasteiger partial charge on any atom is 0.274 e. The first-order valence-corrected chi connectivity index (χ1v) is 8.92. The molecule has 0 bridgehead atoms. The summed E-state index contributed by atoms with van der Waals surface area (Å²) >= 11 is 0. The van der Waals surface area contributed by atoms with Crippen molar-refractivity contribution in [3.63, 3.8) is 0 Å². The molecule has 1 amide bonds. The van der Waals surface area contributed by atoms with Crippen LogP contribution in [0.25, 0.3) is 22.0 Å². The van der Waals surface area contributed by atoms with Crippen molar-refractivity contribution in [3.8, 4) is 16.9 Å². The first kappa shape index (κ1) is 17.4. The lowest BCUT2D eigenvalue weighted by molar-refractivity contribution is -0.125. The van der Waals surface area contributed by atoms with Gasteiger partial charge in [-0.2, -0.15) is 0 Å². The second-order valence-corrected chi connectivity index (χ2v) is 7.22. The summed E-state index contributed by atoms with van der Waals surface area (Å²) in [6.07, 6.45) is 2.96. The molecule has 27 heavy (non-hydrogen) atoms. The average Bonchev–Trinajstić information content (AvgIpc) is 3.13. The minimum Gasteiger partial charge on any atom is -0.477 e. The van der Waals surface area contributed by atoms with Gasteiger partial charge in [0.05, 0.1) is 5.69 Å². The summed E-state index contributed by atoms with van der Waals surface area (Å²) in [7, 11) is 1.71. The molecule has 7 nitrogen and oxygen atoms in total. The fourth-order valence-electron chi connectivity index (χ4n) is 3.53. The highest BCUT2D eigenvalue weighted by Crippen LogP contribution is 2.43. The van der Waals surface area contributed by atoms with Crippen molar-refractivity contribution < 1.29 is 9.53 Å². The number of aromatic nitrogens is 2. The molecular formula is C20H22N4O3. The van der Waals surface area contributed by atoms with Gasteiger partial charge in [-0.3, -0.25) is 9.59 Å². The molecular weight excluding hydrogens is 344 g/mol. The number of fused-ring (bicyclic) bond motifs is 2. The van der Waals surface area contributed by atoms with Gasteiger partial charge in [0.1, 0.15) is 5.52 Å². The second-order valence-electron chi connectivity index (χ2n) is 7.22. The van der Waals surface area contributed by atoms with E-state index >= 15 is 0 Å². The zero-order valence-electron chi connectivity index (χ0n) is 15.5. The summed E-state index contributed by atoms with van der Waals surface area (Å²) < 4.78 is 7.67. The van der Waals surface area contributed by atoms with Gasteiger partial charge in [0.2, 0.25) is 0 Å². The van der Waals surface area contributed by atoms with E-state index in [2.05, 4.69) is 10.3 Å². The van der Waals surface area contributed by atoms with Crippen LogP contribution in [0.5, 0.6) is 5.75 Å². The van der Waals surface area contributed by atoms with E-state index in [-0.39, 0.29) is 17.4 Å². The number of pyridine rings is 1. The summed E-state index contributed by atoms with van der Waals surface area (Å²) in [6.45, 7) is 4.21. The lowest BCUT2D eigenvalue weighted by Crippen LogP contribution is -2.40. The molecule has 0 spiro atoms. The van der Waals surface area contributed by atoms with Crippen molar-refractivity contribution >= 4 is 22.5 Å².